The summed E-state index contributed by atoms with van der Waals surface area (Å²) in [7, 11) is 1.75. The van der Waals surface area contributed by atoms with Crippen LogP contribution in [0, 0.1) is 6.92 Å². The number of aromatic nitrogens is 2. The van der Waals surface area contributed by atoms with Gasteiger partial charge in [0.15, 0.2) is 0 Å². The van der Waals surface area contributed by atoms with Gasteiger partial charge in [0.2, 0.25) is 0 Å². The Morgan fingerprint density at radius 1 is 1.50 bits per heavy atom. The van der Waals surface area contributed by atoms with Crippen LogP contribution >= 0.6 is 0 Å². The van der Waals surface area contributed by atoms with E-state index in [1.165, 1.54) is 24.4 Å². The largest absolute Gasteiger partial charge is 0.383 e. The predicted molar refractivity (Wildman–Crippen MR) is 63.7 cm³/mol. The van der Waals surface area contributed by atoms with Gasteiger partial charge >= 0.3 is 0 Å². The molecule has 0 aromatic carbocycles. The van der Waals surface area contributed by atoms with Crippen LogP contribution in [0.3, 0.4) is 0 Å². The minimum Gasteiger partial charge on any atom is -0.383 e. The average Bonchev–Trinajstić information content (AvgIpc) is 2.69. The number of nitrogens with zero attached hydrogens (tertiary/aromatic N) is 2. The van der Waals surface area contributed by atoms with E-state index in [-0.39, 0.29) is 0 Å². The molecule has 90 valence electrons. The Morgan fingerprint density at radius 2 is 2.25 bits per heavy atom. The van der Waals surface area contributed by atoms with Gasteiger partial charge in [0, 0.05) is 31.5 Å². The maximum absolute atomic E-state index is 5.15. The molecule has 0 unspecified atom stereocenters. The molecule has 0 aliphatic carbocycles. The molecule has 1 aliphatic rings. The highest BCUT2D eigenvalue weighted by Crippen LogP contribution is 2.24. The first-order valence-electron chi connectivity index (χ1n) is 6.04. The lowest BCUT2D eigenvalue weighted by molar-refractivity contribution is 0.185. The first-order chi connectivity index (χ1) is 7.83. The third-order valence-electron chi connectivity index (χ3n) is 3.31. The highest BCUT2D eigenvalue weighted by atomic mass is 16.5. The van der Waals surface area contributed by atoms with E-state index >= 15 is 0 Å². The van der Waals surface area contributed by atoms with E-state index in [4.69, 9.17) is 4.74 Å². The third kappa shape index (κ3) is 2.44. The predicted octanol–water partition coefficient (Wildman–Crippen LogP) is 1.30. The Morgan fingerprint density at radius 3 is 2.94 bits per heavy atom. The summed E-state index contributed by atoms with van der Waals surface area (Å²) in [6.07, 6.45) is 4.37. The van der Waals surface area contributed by atoms with E-state index in [2.05, 4.69) is 21.8 Å². The minimum absolute atomic E-state index is 0.617. The van der Waals surface area contributed by atoms with Gasteiger partial charge in [0.1, 0.15) is 5.82 Å². The van der Waals surface area contributed by atoms with Crippen molar-refractivity contribution in [2.24, 2.45) is 0 Å². The molecular weight excluding hydrogens is 202 g/mol. The molecular formula is C12H21N3O. The lowest BCUT2D eigenvalue weighted by Gasteiger charge is -2.23. The van der Waals surface area contributed by atoms with Crippen LogP contribution in [-0.4, -0.2) is 36.4 Å². The zero-order valence-electron chi connectivity index (χ0n) is 10.2. The Labute approximate surface area is 97.0 Å². The number of imidazole rings is 1. The van der Waals surface area contributed by atoms with Crippen LogP contribution in [0.2, 0.25) is 0 Å². The van der Waals surface area contributed by atoms with Gasteiger partial charge in [-0.2, -0.15) is 0 Å². The standard InChI is InChI=1S/C12H21N3O/c1-10-9-14-12(15(10)7-8-16-2)11-3-5-13-6-4-11/h9,11,13H,3-8H2,1-2H3. The normalized spacial score (nSPS) is 17.9. The highest BCUT2D eigenvalue weighted by Gasteiger charge is 2.20. The molecule has 16 heavy (non-hydrogen) atoms. The number of methoxy groups -OCH3 is 1. The van der Waals surface area contributed by atoms with Gasteiger partial charge in [-0.3, -0.25) is 0 Å². The summed E-state index contributed by atoms with van der Waals surface area (Å²) in [5, 5.41) is 3.39. The number of rotatable bonds is 4. The van der Waals surface area contributed by atoms with Crippen LogP contribution in [0.25, 0.3) is 0 Å². The van der Waals surface area contributed by atoms with Gasteiger partial charge in [0.25, 0.3) is 0 Å². The Hall–Kier alpha value is -0.870. The molecule has 1 N–H and O–H groups in total. The molecule has 1 aromatic heterocycles. The molecule has 2 heterocycles. The summed E-state index contributed by atoms with van der Waals surface area (Å²) in [5.41, 5.74) is 1.24. The summed E-state index contributed by atoms with van der Waals surface area (Å²) in [6.45, 7) is 6.02. The maximum Gasteiger partial charge on any atom is 0.112 e. The first-order valence-corrected chi connectivity index (χ1v) is 6.04. The molecule has 2 rings (SSSR count). The van der Waals surface area contributed by atoms with Crippen molar-refractivity contribution < 1.29 is 4.74 Å². The molecule has 0 bridgehead atoms. The molecule has 4 heteroatoms. The van der Waals surface area contributed by atoms with Crippen molar-refractivity contribution in [2.45, 2.75) is 32.2 Å². The Balaban J connectivity index is 2.12. The topological polar surface area (TPSA) is 39.1 Å². The van der Waals surface area contributed by atoms with Crippen LogP contribution in [0.15, 0.2) is 6.20 Å². The van der Waals surface area contributed by atoms with Gasteiger partial charge in [0.05, 0.1) is 6.61 Å². The molecule has 0 atom stereocenters. The summed E-state index contributed by atoms with van der Waals surface area (Å²) in [4.78, 5) is 4.57. The zero-order chi connectivity index (χ0) is 11.4. The van der Waals surface area contributed by atoms with Crippen molar-refractivity contribution in [1.29, 1.82) is 0 Å². The molecule has 0 radical (unpaired) electrons. The second kappa shape index (κ2) is 5.46. The van der Waals surface area contributed by atoms with E-state index < -0.39 is 0 Å². The second-order valence-electron chi connectivity index (χ2n) is 4.43. The van der Waals surface area contributed by atoms with E-state index in [0.29, 0.717) is 5.92 Å². The Kier molecular flexibility index (Phi) is 3.96. The van der Waals surface area contributed by atoms with E-state index in [0.717, 1.165) is 26.2 Å². The van der Waals surface area contributed by atoms with Crippen LogP contribution in [-0.2, 0) is 11.3 Å². The third-order valence-corrected chi connectivity index (χ3v) is 3.31. The average molecular weight is 223 g/mol. The van der Waals surface area contributed by atoms with Gasteiger partial charge in [-0.15, -0.1) is 0 Å². The van der Waals surface area contributed by atoms with Gasteiger partial charge < -0.3 is 14.6 Å². The number of nitrogens with one attached hydrogen (secondary N) is 1. The zero-order valence-corrected chi connectivity index (χ0v) is 10.2. The smallest absolute Gasteiger partial charge is 0.112 e. The van der Waals surface area contributed by atoms with E-state index in [1.807, 2.05) is 6.20 Å². The molecule has 1 fully saturated rings. The molecule has 0 spiro atoms. The molecule has 1 saturated heterocycles. The molecule has 0 saturated carbocycles. The monoisotopic (exact) mass is 223 g/mol. The van der Waals surface area contributed by atoms with Crippen LogP contribution < -0.4 is 5.32 Å². The molecule has 1 aromatic rings. The first kappa shape index (κ1) is 11.6. The number of hydrogen-bond acceptors (Lipinski definition) is 3. The Bertz CT molecular complexity index is 329. The van der Waals surface area contributed by atoms with Gasteiger partial charge in [-0.05, 0) is 32.9 Å². The lowest BCUT2D eigenvalue weighted by atomic mass is 9.97. The van der Waals surface area contributed by atoms with Gasteiger partial charge in [-0.25, -0.2) is 4.98 Å². The second-order valence-corrected chi connectivity index (χ2v) is 4.43. The fourth-order valence-electron chi connectivity index (χ4n) is 2.36. The number of piperidine rings is 1. The summed E-state index contributed by atoms with van der Waals surface area (Å²) in [5.74, 6) is 1.86. The number of hydrogen-bond donors (Lipinski definition) is 1. The van der Waals surface area contributed by atoms with Crippen LogP contribution in [0.5, 0.6) is 0 Å². The SMILES string of the molecule is COCCn1c(C)cnc1C1CCNCC1. The van der Waals surface area contributed by atoms with E-state index in [1.54, 1.807) is 7.11 Å². The van der Waals surface area contributed by atoms with Crippen molar-refractivity contribution >= 4 is 0 Å². The van der Waals surface area contributed by atoms with E-state index in [9.17, 15) is 0 Å². The quantitative estimate of drug-likeness (QED) is 0.836. The van der Waals surface area contributed by atoms with Crippen molar-refractivity contribution in [3.63, 3.8) is 0 Å². The number of ether oxygens (including phenoxy) is 1. The molecule has 4 nitrogen and oxygen atoms in total. The van der Waals surface area contributed by atoms with Crippen LogP contribution in [0.1, 0.15) is 30.3 Å². The lowest BCUT2D eigenvalue weighted by Crippen LogP contribution is -2.28. The highest BCUT2D eigenvalue weighted by molar-refractivity contribution is 5.09. The maximum atomic E-state index is 5.15. The molecule has 0 amide bonds. The minimum atomic E-state index is 0.617. The summed E-state index contributed by atoms with van der Waals surface area (Å²) in [6, 6.07) is 0. The van der Waals surface area contributed by atoms with Crippen molar-refractivity contribution in [3.05, 3.63) is 17.7 Å². The van der Waals surface area contributed by atoms with Crippen LogP contribution in [0.4, 0.5) is 0 Å². The van der Waals surface area contributed by atoms with Crippen molar-refractivity contribution in [1.82, 2.24) is 14.9 Å². The number of aryl methyl sites for hydroxylation is 1. The summed E-state index contributed by atoms with van der Waals surface area (Å²) < 4.78 is 7.46. The van der Waals surface area contributed by atoms with Gasteiger partial charge in [-0.1, -0.05) is 0 Å². The fourth-order valence-corrected chi connectivity index (χ4v) is 2.36. The van der Waals surface area contributed by atoms with Crippen molar-refractivity contribution in [3.8, 4) is 0 Å². The summed E-state index contributed by atoms with van der Waals surface area (Å²) >= 11 is 0. The van der Waals surface area contributed by atoms with Crippen molar-refractivity contribution in [2.75, 3.05) is 26.8 Å². The molecule has 1 aliphatic heterocycles. The fraction of sp³-hybridized carbons (Fsp3) is 0.750.